The van der Waals surface area contributed by atoms with E-state index in [0.29, 0.717) is 23.7 Å². The van der Waals surface area contributed by atoms with Gasteiger partial charge in [0.1, 0.15) is 0 Å². The summed E-state index contributed by atoms with van der Waals surface area (Å²) in [5.41, 5.74) is 5.82. The lowest BCUT2D eigenvalue weighted by atomic mass is 10.2. The van der Waals surface area contributed by atoms with Crippen molar-refractivity contribution in [3.63, 3.8) is 0 Å². The van der Waals surface area contributed by atoms with Gasteiger partial charge in [-0.05, 0) is 31.5 Å². The van der Waals surface area contributed by atoms with Gasteiger partial charge < -0.3 is 14.0 Å². The van der Waals surface area contributed by atoms with Gasteiger partial charge >= 0.3 is 4.87 Å². The number of thiazole rings is 1. The zero-order chi connectivity index (χ0) is 19.8. The van der Waals surface area contributed by atoms with Crippen LogP contribution in [0.25, 0.3) is 0 Å². The third-order valence-electron chi connectivity index (χ3n) is 3.74. The molecule has 0 saturated heterocycles. The number of hydrazine groups is 1. The van der Waals surface area contributed by atoms with Gasteiger partial charge in [-0.2, -0.15) is 0 Å². The smallest absolute Gasteiger partial charge is 0.307 e. The van der Waals surface area contributed by atoms with Crippen LogP contribution in [-0.4, -0.2) is 30.1 Å². The molecule has 0 fully saturated rings. The molecule has 27 heavy (non-hydrogen) atoms. The van der Waals surface area contributed by atoms with E-state index in [-0.39, 0.29) is 17.8 Å². The molecule has 2 aromatic rings. The molecule has 0 radical (unpaired) electrons. The first-order chi connectivity index (χ1) is 13.0. The third-order valence-corrected chi connectivity index (χ3v) is 4.62. The molecule has 1 aromatic carbocycles. The normalized spacial score (nSPS) is 10.3. The summed E-state index contributed by atoms with van der Waals surface area (Å²) in [5, 5.41) is 1.74. The highest BCUT2D eigenvalue weighted by Gasteiger charge is 2.12. The molecule has 2 N–H and O–H groups in total. The Labute approximate surface area is 161 Å². The van der Waals surface area contributed by atoms with E-state index in [0.717, 1.165) is 23.5 Å². The minimum Gasteiger partial charge on any atom is -0.493 e. The lowest BCUT2D eigenvalue weighted by Gasteiger charge is -2.12. The van der Waals surface area contributed by atoms with Crippen LogP contribution in [0.4, 0.5) is 0 Å². The van der Waals surface area contributed by atoms with Crippen molar-refractivity contribution in [3.05, 3.63) is 44.5 Å². The predicted octanol–water partition coefficient (Wildman–Crippen LogP) is 1.87. The molecule has 0 saturated carbocycles. The van der Waals surface area contributed by atoms with Crippen LogP contribution in [0.5, 0.6) is 11.5 Å². The predicted molar refractivity (Wildman–Crippen MR) is 102 cm³/mol. The van der Waals surface area contributed by atoms with Gasteiger partial charge in [-0.15, -0.1) is 0 Å². The van der Waals surface area contributed by atoms with Crippen molar-refractivity contribution in [2.45, 2.75) is 33.2 Å². The van der Waals surface area contributed by atoms with Crippen molar-refractivity contribution in [2.24, 2.45) is 0 Å². The zero-order valence-electron chi connectivity index (χ0n) is 15.5. The summed E-state index contributed by atoms with van der Waals surface area (Å²) in [6, 6.07) is 4.78. The Morgan fingerprint density at radius 3 is 2.63 bits per heavy atom. The van der Waals surface area contributed by atoms with Crippen LogP contribution in [0.1, 0.15) is 35.8 Å². The first kappa shape index (κ1) is 20.5. The van der Waals surface area contributed by atoms with E-state index in [1.807, 2.05) is 6.92 Å². The van der Waals surface area contributed by atoms with Crippen LogP contribution in [0.3, 0.4) is 0 Å². The Hall–Kier alpha value is -2.81. The summed E-state index contributed by atoms with van der Waals surface area (Å²) in [4.78, 5) is 35.6. The number of methoxy groups -OCH3 is 1. The molecular weight excluding hydrogens is 370 g/mol. The molecule has 8 nitrogen and oxygen atoms in total. The number of nitrogens with zero attached hydrogens (tertiary/aromatic N) is 1. The number of aromatic nitrogens is 1. The summed E-state index contributed by atoms with van der Waals surface area (Å²) in [6.07, 6.45) is 0.930. The molecule has 0 atom stereocenters. The number of amides is 2. The van der Waals surface area contributed by atoms with Crippen molar-refractivity contribution >= 4 is 23.2 Å². The van der Waals surface area contributed by atoms with Gasteiger partial charge in [-0.1, -0.05) is 18.3 Å². The first-order valence-corrected chi connectivity index (χ1v) is 9.39. The summed E-state index contributed by atoms with van der Waals surface area (Å²) in [6.45, 7) is 4.60. The van der Waals surface area contributed by atoms with E-state index >= 15 is 0 Å². The quantitative estimate of drug-likeness (QED) is 0.667. The molecule has 9 heteroatoms. The summed E-state index contributed by atoms with van der Waals surface area (Å²) < 4.78 is 12.3. The number of carbonyl (C=O) groups excluding carboxylic acids is 2. The molecule has 0 bridgehead atoms. The molecule has 1 heterocycles. The van der Waals surface area contributed by atoms with Crippen LogP contribution in [0.15, 0.2) is 28.4 Å². The van der Waals surface area contributed by atoms with Crippen molar-refractivity contribution in [1.82, 2.24) is 15.4 Å². The average molecular weight is 393 g/mol. The number of aryl methyl sites for hydroxylation is 1. The van der Waals surface area contributed by atoms with E-state index in [1.54, 1.807) is 30.5 Å². The van der Waals surface area contributed by atoms with Crippen molar-refractivity contribution in [1.29, 1.82) is 0 Å². The van der Waals surface area contributed by atoms with Gasteiger partial charge in [-0.25, -0.2) is 0 Å². The Kier molecular flexibility index (Phi) is 7.42. The van der Waals surface area contributed by atoms with Crippen molar-refractivity contribution in [2.75, 3.05) is 13.7 Å². The van der Waals surface area contributed by atoms with Crippen LogP contribution in [0.2, 0.25) is 0 Å². The highest BCUT2D eigenvalue weighted by Crippen LogP contribution is 2.28. The lowest BCUT2D eigenvalue weighted by Crippen LogP contribution is -2.42. The van der Waals surface area contributed by atoms with Crippen LogP contribution in [0, 0.1) is 6.92 Å². The fourth-order valence-electron chi connectivity index (χ4n) is 2.29. The molecule has 1 aromatic heterocycles. The average Bonchev–Trinajstić information content (AvgIpc) is 3.00. The molecule has 0 aliphatic heterocycles. The SMILES string of the molecule is CCCOc1ccc(C(=O)NNC(=O)CCn2c(C)csc2=O)cc1OC. The topological polar surface area (TPSA) is 98.7 Å². The molecule has 0 aliphatic carbocycles. The molecule has 0 spiro atoms. The Bertz CT molecular complexity index is 859. The standard InChI is InChI=1S/C18H23N3O5S/c1-4-9-26-14-6-5-13(10-15(14)25-3)17(23)20-19-16(22)7-8-21-12(2)11-27-18(21)24/h5-6,10-11H,4,7-9H2,1-3H3,(H,19,22)(H,20,23). The molecule has 0 aliphatic rings. The number of carbonyl (C=O) groups is 2. The zero-order valence-corrected chi connectivity index (χ0v) is 16.4. The highest BCUT2D eigenvalue weighted by atomic mass is 32.1. The number of benzene rings is 1. The Balaban J connectivity index is 1.89. The second kappa shape index (κ2) is 9.77. The van der Waals surface area contributed by atoms with Gasteiger partial charge in [0.25, 0.3) is 5.91 Å². The van der Waals surface area contributed by atoms with Gasteiger partial charge in [0.2, 0.25) is 5.91 Å². The van der Waals surface area contributed by atoms with E-state index < -0.39 is 11.8 Å². The van der Waals surface area contributed by atoms with E-state index in [2.05, 4.69) is 10.9 Å². The molecule has 146 valence electrons. The minimum absolute atomic E-state index is 0.0743. The number of hydrogen-bond acceptors (Lipinski definition) is 6. The van der Waals surface area contributed by atoms with E-state index in [1.165, 1.54) is 11.7 Å². The number of ether oxygens (including phenoxy) is 2. The van der Waals surface area contributed by atoms with Crippen LogP contribution < -0.4 is 25.2 Å². The summed E-state index contributed by atoms with van der Waals surface area (Å²) in [7, 11) is 1.49. The largest absolute Gasteiger partial charge is 0.493 e. The van der Waals surface area contributed by atoms with Crippen molar-refractivity contribution < 1.29 is 19.1 Å². The fraction of sp³-hybridized carbons (Fsp3) is 0.389. The lowest BCUT2D eigenvalue weighted by molar-refractivity contribution is -0.122. The molecular formula is C18H23N3O5S. The monoisotopic (exact) mass is 393 g/mol. The van der Waals surface area contributed by atoms with Gasteiger partial charge in [0.15, 0.2) is 11.5 Å². The summed E-state index contributed by atoms with van der Waals surface area (Å²) in [5.74, 6) is 0.120. The van der Waals surface area contributed by atoms with E-state index in [4.69, 9.17) is 9.47 Å². The Morgan fingerprint density at radius 1 is 1.22 bits per heavy atom. The van der Waals surface area contributed by atoms with Crippen molar-refractivity contribution in [3.8, 4) is 11.5 Å². The fourth-order valence-corrected chi connectivity index (χ4v) is 3.05. The van der Waals surface area contributed by atoms with Crippen LogP contribution in [-0.2, 0) is 11.3 Å². The maximum Gasteiger partial charge on any atom is 0.307 e. The minimum atomic E-state index is -0.479. The first-order valence-electron chi connectivity index (χ1n) is 8.51. The maximum atomic E-state index is 12.2. The van der Waals surface area contributed by atoms with Gasteiger partial charge in [-0.3, -0.25) is 25.2 Å². The van der Waals surface area contributed by atoms with Gasteiger partial charge in [0.05, 0.1) is 13.7 Å². The second-order valence-electron chi connectivity index (χ2n) is 5.76. The number of rotatable bonds is 8. The molecule has 2 rings (SSSR count). The third kappa shape index (κ3) is 5.58. The number of hydrogen-bond donors (Lipinski definition) is 2. The maximum absolute atomic E-state index is 12.2. The highest BCUT2D eigenvalue weighted by molar-refractivity contribution is 7.07. The molecule has 2 amide bonds. The Morgan fingerprint density at radius 2 is 2.00 bits per heavy atom. The second-order valence-corrected chi connectivity index (χ2v) is 6.58. The molecule has 0 unspecified atom stereocenters. The summed E-state index contributed by atoms with van der Waals surface area (Å²) >= 11 is 1.09. The van der Waals surface area contributed by atoms with Crippen LogP contribution >= 0.6 is 11.3 Å². The van der Waals surface area contributed by atoms with Gasteiger partial charge in [0, 0.05) is 29.6 Å². The van der Waals surface area contributed by atoms with E-state index in [9.17, 15) is 14.4 Å². The number of nitrogens with one attached hydrogen (secondary N) is 2.